The van der Waals surface area contributed by atoms with Gasteiger partial charge in [-0.1, -0.05) is 173 Å². The smallest absolute Gasteiger partial charge is 0.220 e. The van der Waals surface area contributed by atoms with Crippen molar-refractivity contribution < 1.29 is 64.6 Å². The molecule has 0 bridgehead atoms. The zero-order chi connectivity index (χ0) is 55.3. The number of hydrogen-bond donors (Lipinski definition) is 9. The van der Waals surface area contributed by atoms with Crippen molar-refractivity contribution in [3.8, 4) is 0 Å². The number of hydrogen-bond acceptors (Lipinski definition) is 13. The molecular formula is C62H97NO13. The van der Waals surface area contributed by atoms with E-state index in [4.69, 9.17) is 18.9 Å². The van der Waals surface area contributed by atoms with E-state index in [-0.39, 0.29) is 18.9 Å². The molecule has 0 aromatic rings. The molecule has 2 saturated heterocycles. The van der Waals surface area contributed by atoms with Gasteiger partial charge in [0.15, 0.2) is 12.6 Å². The molecule has 2 aliphatic heterocycles. The van der Waals surface area contributed by atoms with Crippen molar-refractivity contribution in [3.63, 3.8) is 0 Å². The van der Waals surface area contributed by atoms with Gasteiger partial charge in [-0.3, -0.25) is 4.79 Å². The molecule has 0 aromatic heterocycles. The van der Waals surface area contributed by atoms with Crippen LogP contribution in [0.5, 0.6) is 0 Å². The summed E-state index contributed by atoms with van der Waals surface area (Å²) in [6, 6.07) is -0.966. The van der Waals surface area contributed by atoms with Crippen LogP contribution in [-0.2, 0) is 23.7 Å². The lowest BCUT2D eigenvalue weighted by Gasteiger charge is -2.46. The van der Waals surface area contributed by atoms with Crippen LogP contribution in [0.3, 0.4) is 0 Å². The molecule has 1 amide bonds. The summed E-state index contributed by atoms with van der Waals surface area (Å²) in [6.07, 6.45) is 51.9. The SMILES string of the molecule is CC/C=C\C/C=C\C/C=C\C/C=C\C/C=C\C/C=C\C/C=C\C/C=C\C/C=C\CCCCCC(=O)NC(COC1OC(CO)C(OC2OC(CO)C(O)C(O)C2O)C(O)C1O)C(O)/C=C/CC/C=C/CC/C=C/CCC. The molecular weight excluding hydrogens is 967 g/mol. The second-order valence-corrected chi connectivity index (χ2v) is 19.0. The summed E-state index contributed by atoms with van der Waals surface area (Å²) in [5.41, 5.74) is 0. The van der Waals surface area contributed by atoms with Gasteiger partial charge >= 0.3 is 0 Å². The molecule has 14 heteroatoms. The Labute approximate surface area is 455 Å². The number of carbonyl (C=O) groups excluding carboxylic acids is 1. The second kappa shape index (κ2) is 45.8. The number of ether oxygens (including phenoxy) is 4. The monoisotopic (exact) mass is 1060 g/mol. The first-order chi connectivity index (χ1) is 37.1. The van der Waals surface area contributed by atoms with E-state index in [9.17, 15) is 45.6 Å². The molecule has 12 atom stereocenters. The van der Waals surface area contributed by atoms with Crippen LogP contribution in [0.2, 0.25) is 0 Å². The van der Waals surface area contributed by atoms with E-state index in [1.807, 2.05) is 6.08 Å². The third-order valence-electron chi connectivity index (χ3n) is 12.5. The predicted octanol–water partition coefficient (Wildman–Crippen LogP) is 8.99. The van der Waals surface area contributed by atoms with Crippen LogP contribution in [0.15, 0.2) is 146 Å². The van der Waals surface area contributed by atoms with Crippen molar-refractivity contribution >= 4 is 5.91 Å². The Hall–Kier alpha value is -4.13. The van der Waals surface area contributed by atoms with Gasteiger partial charge < -0.3 is 65.1 Å². The summed E-state index contributed by atoms with van der Waals surface area (Å²) in [5, 5.41) is 86.7. The van der Waals surface area contributed by atoms with Crippen LogP contribution in [0.4, 0.5) is 0 Å². The average molecular weight is 1060 g/mol. The molecule has 0 radical (unpaired) electrons. The molecule has 2 fully saturated rings. The molecule has 0 saturated carbocycles. The maximum Gasteiger partial charge on any atom is 0.220 e. The van der Waals surface area contributed by atoms with Crippen LogP contribution in [0, 0.1) is 0 Å². The number of amides is 1. The number of unbranched alkanes of at least 4 members (excludes halogenated alkanes) is 6. The molecule has 76 heavy (non-hydrogen) atoms. The lowest BCUT2D eigenvalue weighted by Crippen LogP contribution is -2.65. The molecule has 2 aliphatic rings. The number of aliphatic hydroxyl groups is 8. The minimum absolute atomic E-state index is 0.219. The molecule has 2 heterocycles. The first-order valence-corrected chi connectivity index (χ1v) is 28.1. The van der Waals surface area contributed by atoms with E-state index in [2.05, 4.69) is 153 Å². The molecule has 14 nitrogen and oxygen atoms in total. The Bertz CT molecular complexity index is 1830. The van der Waals surface area contributed by atoms with Gasteiger partial charge in [-0.25, -0.2) is 0 Å². The highest BCUT2D eigenvalue weighted by atomic mass is 16.7. The van der Waals surface area contributed by atoms with Crippen LogP contribution in [0.25, 0.3) is 0 Å². The summed E-state index contributed by atoms with van der Waals surface area (Å²) in [7, 11) is 0. The summed E-state index contributed by atoms with van der Waals surface area (Å²) >= 11 is 0. The molecule has 428 valence electrons. The quantitative estimate of drug-likeness (QED) is 0.0206. The first-order valence-electron chi connectivity index (χ1n) is 28.1. The molecule has 2 rings (SSSR count). The van der Waals surface area contributed by atoms with Gasteiger partial charge in [-0.2, -0.15) is 0 Å². The highest BCUT2D eigenvalue weighted by Crippen LogP contribution is 2.30. The van der Waals surface area contributed by atoms with Crippen molar-refractivity contribution in [1.82, 2.24) is 5.32 Å². The predicted molar refractivity (Wildman–Crippen MR) is 304 cm³/mol. The Kier molecular flexibility index (Phi) is 41.0. The summed E-state index contributed by atoms with van der Waals surface area (Å²) in [5.74, 6) is -0.296. The fourth-order valence-electron chi connectivity index (χ4n) is 7.97. The number of allylic oxidation sites excluding steroid dienone is 23. The lowest BCUT2D eigenvalue weighted by atomic mass is 9.97. The van der Waals surface area contributed by atoms with Crippen LogP contribution >= 0.6 is 0 Å². The number of nitrogens with one attached hydrogen (secondary N) is 1. The maximum atomic E-state index is 13.2. The highest BCUT2D eigenvalue weighted by Gasteiger charge is 2.51. The topological polar surface area (TPSA) is 228 Å². The highest BCUT2D eigenvalue weighted by molar-refractivity contribution is 5.76. The average Bonchev–Trinajstić information content (AvgIpc) is 3.42. The number of aliphatic hydroxyl groups excluding tert-OH is 8. The van der Waals surface area contributed by atoms with E-state index >= 15 is 0 Å². The van der Waals surface area contributed by atoms with Gasteiger partial charge in [0.05, 0.1) is 32.0 Å². The van der Waals surface area contributed by atoms with Crippen molar-refractivity contribution in [2.75, 3.05) is 19.8 Å². The van der Waals surface area contributed by atoms with Crippen molar-refractivity contribution in [2.24, 2.45) is 0 Å². The summed E-state index contributed by atoms with van der Waals surface area (Å²) < 4.78 is 22.6. The second-order valence-electron chi connectivity index (χ2n) is 19.0. The van der Waals surface area contributed by atoms with Crippen molar-refractivity contribution in [1.29, 1.82) is 0 Å². The minimum Gasteiger partial charge on any atom is -0.394 e. The van der Waals surface area contributed by atoms with Gasteiger partial charge in [0, 0.05) is 6.42 Å². The van der Waals surface area contributed by atoms with E-state index in [1.165, 1.54) is 0 Å². The molecule has 0 spiro atoms. The van der Waals surface area contributed by atoms with Crippen molar-refractivity contribution in [3.05, 3.63) is 146 Å². The van der Waals surface area contributed by atoms with E-state index in [1.54, 1.807) is 6.08 Å². The first kappa shape index (κ1) is 68.0. The van der Waals surface area contributed by atoms with Crippen LogP contribution in [0.1, 0.15) is 142 Å². The number of rotatable bonds is 41. The van der Waals surface area contributed by atoms with E-state index in [0.29, 0.717) is 12.8 Å². The fourth-order valence-corrected chi connectivity index (χ4v) is 7.97. The van der Waals surface area contributed by atoms with Crippen LogP contribution < -0.4 is 5.32 Å². The standard InChI is InChI=1S/C62H97NO13/c1-3-5-7-9-11-13-15-16-17-18-19-20-21-22-23-24-25-26-27-28-29-30-31-32-33-34-36-38-40-42-44-46-54(67)63-50(51(66)45-43-41-39-37-35-14-12-10-8-6-4-2)49-73-61-59(72)57(70)60(53(48-65)75-61)76-62-58(71)56(69)55(68)52(47-64)74-62/h5,7-8,10-11,13,16-17,19-20,22-23,25-26,28-29,31-32,34-37,43,45,50-53,55-62,64-66,68-72H,3-4,6,9,12,14-15,18,21,24,27,30,33,38-42,44,46-49H2,1-2H3,(H,63,67)/b7-5-,10-8+,13-11-,17-16-,20-19-,23-22-,26-25-,29-28-,32-31-,36-34-,37-35+,45-43+. The number of carbonyl (C=O) groups is 1. The molecule has 12 unspecified atom stereocenters. The Balaban J connectivity index is 1.75. The van der Waals surface area contributed by atoms with E-state index < -0.39 is 86.8 Å². The Morgan fingerprint density at radius 2 is 0.921 bits per heavy atom. The van der Waals surface area contributed by atoms with Crippen molar-refractivity contribution in [2.45, 2.75) is 216 Å². The minimum atomic E-state index is -1.80. The van der Waals surface area contributed by atoms with E-state index in [0.717, 1.165) is 109 Å². The van der Waals surface area contributed by atoms with Gasteiger partial charge in [-0.05, 0) is 109 Å². The maximum absolute atomic E-state index is 13.2. The largest absolute Gasteiger partial charge is 0.394 e. The zero-order valence-corrected chi connectivity index (χ0v) is 45.7. The molecule has 0 aliphatic carbocycles. The summed E-state index contributed by atoms with van der Waals surface area (Å²) in [4.78, 5) is 13.2. The van der Waals surface area contributed by atoms with Gasteiger partial charge in [-0.15, -0.1) is 0 Å². The third-order valence-corrected chi connectivity index (χ3v) is 12.5. The Morgan fingerprint density at radius 1 is 0.487 bits per heavy atom. The van der Waals surface area contributed by atoms with Crippen LogP contribution in [-0.4, -0.2) is 140 Å². The summed E-state index contributed by atoms with van der Waals surface area (Å²) in [6.45, 7) is 2.51. The van der Waals surface area contributed by atoms with Gasteiger partial charge in [0.2, 0.25) is 5.91 Å². The fraction of sp³-hybridized carbons (Fsp3) is 0.597. The zero-order valence-electron chi connectivity index (χ0n) is 45.7. The lowest BCUT2D eigenvalue weighted by molar-refractivity contribution is -0.359. The Morgan fingerprint density at radius 3 is 1.41 bits per heavy atom. The molecule has 9 N–H and O–H groups in total. The normalized spacial score (nSPS) is 26.0. The van der Waals surface area contributed by atoms with Gasteiger partial charge in [0.25, 0.3) is 0 Å². The van der Waals surface area contributed by atoms with Gasteiger partial charge in [0.1, 0.15) is 48.8 Å². The third kappa shape index (κ3) is 31.3. The molecule has 0 aromatic carbocycles.